The number of carboxylic acid groups (broad SMARTS) is 1. The molecule has 0 saturated carbocycles. The minimum atomic E-state index is -1.05. The van der Waals surface area contributed by atoms with Crippen LogP contribution < -0.4 is 4.74 Å². The van der Waals surface area contributed by atoms with Crippen LogP contribution in [0.1, 0.15) is 10.4 Å². The van der Waals surface area contributed by atoms with Gasteiger partial charge in [0, 0.05) is 13.3 Å². The first kappa shape index (κ1) is 18.7. The van der Waals surface area contributed by atoms with Gasteiger partial charge in [0.05, 0.1) is 30.7 Å². The fourth-order valence-electron chi connectivity index (χ4n) is 3.67. The van der Waals surface area contributed by atoms with Crippen molar-refractivity contribution in [3.8, 4) is 17.1 Å². The van der Waals surface area contributed by atoms with E-state index in [2.05, 4.69) is 20.6 Å². The molecule has 3 aromatic rings. The lowest BCUT2D eigenvalue weighted by Crippen LogP contribution is -2.35. The molecule has 30 heavy (non-hydrogen) atoms. The predicted octanol–water partition coefficient (Wildman–Crippen LogP) is 0.106. The molecule has 2 saturated heterocycles. The second kappa shape index (κ2) is 7.48. The summed E-state index contributed by atoms with van der Waals surface area (Å²) in [4.78, 5) is 11.1. The van der Waals surface area contributed by atoms with E-state index < -0.39 is 5.97 Å². The summed E-state index contributed by atoms with van der Waals surface area (Å²) in [6.07, 6.45) is 3.30. The minimum Gasteiger partial charge on any atom is -0.483 e. The number of rotatable bonds is 6. The van der Waals surface area contributed by atoms with Crippen LogP contribution in [-0.4, -0.2) is 85.8 Å². The molecule has 12 nitrogen and oxygen atoms in total. The number of hydrogen-bond acceptors (Lipinski definition) is 9. The van der Waals surface area contributed by atoms with E-state index >= 15 is 0 Å². The molecule has 2 aliphatic heterocycles. The van der Waals surface area contributed by atoms with Crippen LogP contribution in [0, 0.1) is 0 Å². The summed E-state index contributed by atoms with van der Waals surface area (Å²) in [5.74, 6) is -0.529. The molecule has 12 heteroatoms. The van der Waals surface area contributed by atoms with E-state index in [9.17, 15) is 4.79 Å². The number of ether oxygens (including phenoxy) is 4. The molecule has 0 unspecified atom stereocenters. The fourth-order valence-corrected chi connectivity index (χ4v) is 3.67. The van der Waals surface area contributed by atoms with Crippen molar-refractivity contribution < 1.29 is 28.8 Å². The Balaban J connectivity index is 1.46. The second-order valence-corrected chi connectivity index (χ2v) is 6.91. The third kappa shape index (κ3) is 3.20. The van der Waals surface area contributed by atoms with Crippen LogP contribution >= 0.6 is 0 Å². The third-order valence-electron chi connectivity index (χ3n) is 5.18. The lowest BCUT2D eigenvalue weighted by molar-refractivity contribution is -0.0138. The number of tetrazole rings is 1. The van der Waals surface area contributed by atoms with Crippen molar-refractivity contribution in [2.45, 2.75) is 24.4 Å². The van der Waals surface area contributed by atoms with E-state index in [1.54, 1.807) is 25.3 Å². The van der Waals surface area contributed by atoms with Crippen LogP contribution in [0.4, 0.5) is 0 Å². The minimum absolute atomic E-state index is 0.0829. The highest BCUT2D eigenvalue weighted by molar-refractivity contribution is 5.87. The highest BCUT2D eigenvalue weighted by Crippen LogP contribution is 2.33. The molecule has 156 valence electrons. The Hall–Kier alpha value is -3.35. The molecule has 4 heterocycles. The molecule has 4 atom stereocenters. The van der Waals surface area contributed by atoms with Gasteiger partial charge in [0.25, 0.3) is 0 Å². The number of aromatic carboxylic acids is 1. The number of nitrogens with zero attached hydrogens (tertiary/aromatic N) is 6. The van der Waals surface area contributed by atoms with E-state index in [-0.39, 0.29) is 30.0 Å². The first-order valence-corrected chi connectivity index (χ1v) is 9.22. The number of fused-ring (bicyclic) bond motifs is 1. The molecule has 2 aliphatic rings. The quantitative estimate of drug-likeness (QED) is 0.592. The van der Waals surface area contributed by atoms with Crippen molar-refractivity contribution in [2.24, 2.45) is 0 Å². The van der Waals surface area contributed by atoms with Crippen molar-refractivity contribution in [1.29, 1.82) is 0 Å². The largest absolute Gasteiger partial charge is 0.483 e. The fraction of sp³-hybridized carbons (Fsp3) is 0.389. The molecule has 0 spiro atoms. The van der Waals surface area contributed by atoms with E-state index in [1.807, 2.05) is 0 Å². The van der Waals surface area contributed by atoms with E-state index in [1.165, 1.54) is 28.1 Å². The standard InChI is InChI=1S/C18H18N6O6/c1-27-14-7-28-17-15(8-29-16(14)17)30-13-3-2-11(4-12(13)24-9-19-21-22-24)23-6-10(5-20-23)18(25)26/h2-6,9,14-17H,7-8H2,1H3,(H,25,26)/t14-,15-,16+,17+/m0/s1. The zero-order valence-electron chi connectivity index (χ0n) is 15.9. The summed E-state index contributed by atoms with van der Waals surface area (Å²) in [6, 6.07) is 5.28. The highest BCUT2D eigenvalue weighted by atomic mass is 16.6. The molecule has 2 fully saturated rings. The highest BCUT2D eigenvalue weighted by Gasteiger charge is 2.49. The van der Waals surface area contributed by atoms with Gasteiger partial charge < -0.3 is 24.1 Å². The maximum Gasteiger partial charge on any atom is 0.338 e. The molecule has 1 N–H and O–H groups in total. The topological polar surface area (TPSA) is 136 Å². The smallest absolute Gasteiger partial charge is 0.338 e. The van der Waals surface area contributed by atoms with Gasteiger partial charge in [0.1, 0.15) is 36.1 Å². The van der Waals surface area contributed by atoms with E-state index in [0.29, 0.717) is 30.3 Å². The molecule has 0 radical (unpaired) electrons. The molecule has 1 aromatic carbocycles. The summed E-state index contributed by atoms with van der Waals surface area (Å²) < 4.78 is 26.2. The Morgan fingerprint density at radius 3 is 2.70 bits per heavy atom. The van der Waals surface area contributed by atoms with Crippen molar-refractivity contribution >= 4 is 5.97 Å². The van der Waals surface area contributed by atoms with Gasteiger partial charge >= 0.3 is 5.97 Å². The van der Waals surface area contributed by atoms with Crippen LogP contribution in [0.2, 0.25) is 0 Å². The second-order valence-electron chi connectivity index (χ2n) is 6.91. The number of benzene rings is 1. The van der Waals surface area contributed by atoms with Crippen LogP contribution in [0.5, 0.6) is 5.75 Å². The van der Waals surface area contributed by atoms with Crippen LogP contribution in [0.15, 0.2) is 36.9 Å². The third-order valence-corrected chi connectivity index (χ3v) is 5.18. The Kier molecular flexibility index (Phi) is 4.65. The molecule has 0 bridgehead atoms. The molecular weight excluding hydrogens is 396 g/mol. The van der Waals surface area contributed by atoms with Crippen molar-refractivity contribution in [3.05, 3.63) is 42.5 Å². The van der Waals surface area contributed by atoms with E-state index in [4.69, 9.17) is 24.1 Å². The zero-order chi connectivity index (χ0) is 20.7. The molecular formula is C18H18N6O6. The number of carbonyl (C=O) groups is 1. The zero-order valence-corrected chi connectivity index (χ0v) is 15.9. The molecule has 0 amide bonds. The molecule has 2 aromatic heterocycles. The summed E-state index contributed by atoms with van der Waals surface area (Å²) >= 11 is 0. The Morgan fingerprint density at radius 2 is 2.00 bits per heavy atom. The number of hydrogen-bond donors (Lipinski definition) is 1. The van der Waals surface area contributed by atoms with Gasteiger partial charge in [-0.15, -0.1) is 5.10 Å². The van der Waals surface area contributed by atoms with Crippen molar-refractivity contribution in [2.75, 3.05) is 20.3 Å². The monoisotopic (exact) mass is 414 g/mol. The summed E-state index contributed by atoms with van der Waals surface area (Å²) in [5, 5.41) is 24.6. The molecule has 0 aliphatic carbocycles. The van der Waals surface area contributed by atoms with Gasteiger partial charge in [0.15, 0.2) is 6.10 Å². The van der Waals surface area contributed by atoms with Crippen LogP contribution in [0.3, 0.4) is 0 Å². The SMILES string of the molecule is CO[C@H]1CO[C@H]2[C@@H]1OC[C@@H]2Oc1ccc(-n2cc(C(=O)O)cn2)cc1-n1cnnn1. The van der Waals surface area contributed by atoms with Gasteiger partial charge in [-0.25, -0.2) is 9.48 Å². The average molecular weight is 414 g/mol. The lowest BCUT2D eigenvalue weighted by Gasteiger charge is -2.20. The van der Waals surface area contributed by atoms with E-state index in [0.717, 1.165) is 0 Å². The summed E-state index contributed by atoms with van der Waals surface area (Å²) in [7, 11) is 1.63. The van der Waals surface area contributed by atoms with Gasteiger partial charge in [-0.05, 0) is 28.6 Å². The first-order chi connectivity index (χ1) is 14.6. The van der Waals surface area contributed by atoms with Gasteiger partial charge in [-0.2, -0.15) is 9.78 Å². The van der Waals surface area contributed by atoms with Crippen molar-refractivity contribution in [1.82, 2.24) is 30.0 Å². The van der Waals surface area contributed by atoms with Gasteiger partial charge in [0.2, 0.25) is 0 Å². The molecule has 5 rings (SSSR count). The van der Waals surface area contributed by atoms with Crippen molar-refractivity contribution in [3.63, 3.8) is 0 Å². The first-order valence-electron chi connectivity index (χ1n) is 9.22. The Bertz CT molecular complexity index is 1050. The normalized spacial score (nSPS) is 25.4. The predicted molar refractivity (Wildman–Crippen MR) is 97.9 cm³/mol. The maximum atomic E-state index is 11.1. The van der Waals surface area contributed by atoms with Crippen LogP contribution in [-0.2, 0) is 14.2 Å². The van der Waals surface area contributed by atoms with Gasteiger partial charge in [-0.3, -0.25) is 0 Å². The number of methoxy groups -OCH3 is 1. The number of carboxylic acids is 1. The van der Waals surface area contributed by atoms with Crippen LogP contribution in [0.25, 0.3) is 11.4 Å². The summed E-state index contributed by atoms with van der Waals surface area (Å²) in [5.41, 5.74) is 1.27. The Labute approximate surface area is 169 Å². The van der Waals surface area contributed by atoms with Gasteiger partial charge in [-0.1, -0.05) is 0 Å². The number of aromatic nitrogens is 6. The summed E-state index contributed by atoms with van der Waals surface area (Å²) in [6.45, 7) is 0.822. The average Bonchev–Trinajstić information content (AvgIpc) is 3.53. The lowest BCUT2D eigenvalue weighted by atomic mass is 10.1. The maximum absolute atomic E-state index is 11.1. The Morgan fingerprint density at radius 1 is 1.20 bits per heavy atom.